The minimum Gasteiger partial charge on any atom is -0.481 e. The van der Waals surface area contributed by atoms with Gasteiger partial charge < -0.3 is 5.11 Å². The highest BCUT2D eigenvalue weighted by Gasteiger charge is 2.04. The molecule has 5 heteroatoms. The van der Waals surface area contributed by atoms with E-state index >= 15 is 0 Å². The van der Waals surface area contributed by atoms with Crippen molar-refractivity contribution in [1.29, 1.82) is 5.26 Å². The van der Waals surface area contributed by atoms with Gasteiger partial charge in [-0.25, -0.2) is 0 Å². The standard InChI is InChI=1S/C8H6N2O2S/c9-3-6-1-2-10-4-7(6)13-5-8(11)12/h1-2,4H,5H2,(H,11,12). The molecular weight excluding hydrogens is 188 g/mol. The summed E-state index contributed by atoms with van der Waals surface area (Å²) >= 11 is 1.10. The van der Waals surface area contributed by atoms with Crippen LogP contribution in [0.4, 0.5) is 0 Å². The van der Waals surface area contributed by atoms with Crippen LogP contribution in [0.15, 0.2) is 23.4 Å². The summed E-state index contributed by atoms with van der Waals surface area (Å²) in [5.74, 6) is -0.960. The zero-order valence-electron chi connectivity index (χ0n) is 6.60. The predicted octanol–water partition coefficient (Wildman–Crippen LogP) is 1.13. The maximum Gasteiger partial charge on any atom is 0.313 e. The molecule has 0 bridgehead atoms. The smallest absolute Gasteiger partial charge is 0.313 e. The Morgan fingerprint density at radius 1 is 1.77 bits per heavy atom. The van der Waals surface area contributed by atoms with E-state index in [1.54, 1.807) is 6.07 Å². The van der Waals surface area contributed by atoms with Crippen molar-refractivity contribution in [2.24, 2.45) is 0 Å². The quantitative estimate of drug-likeness (QED) is 0.730. The normalized spacial score (nSPS) is 9.15. The molecule has 1 heterocycles. The number of aliphatic carboxylic acids is 1. The Balaban J connectivity index is 2.77. The first-order chi connectivity index (χ1) is 6.24. The molecule has 1 N–H and O–H groups in total. The number of hydrogen-bond acceptors (Lipinski definition) is 4. The average molecular weight is 194 g/mol. The van der Waals surface area contributed by atoms with Gasteiger partial charge in [-0.15, -0.1) is 11.8 Å². The minimum absolute atomic E-state index is 0.0552. The van der Waals surface area contributed by atoms with Gasteiger partial charge in [-0.1, -0.05) is 0 Å². The molecule has 1 rings (SSSR count). The van der Waals surface area contributed by atoms with Crippen LogP contribution in [0.5, 0.6) is 0 Å². The summed E-state index contributed by atoms with van der Waals surface area (Å²) in [5.41, 5.74) is 0.459. The van der Waals surface area contributed by atoms with Gasteiger partial charge in [0.05, 0.1) is 11.3 Å². The Kier molecular flexibility index (Phi) is 3.29. The lowest BCUT2D eigenvalue weighted by Crippen LogP contribution is -1.98. The number of hydrogen-bond donors (Lipinski definition) is 1. The molecule has 0 aliphatic rings. The fraction of sp³-hybridized carbons (Fsp3) is 0.125. The minimum atomic E-state index is -0.905. The zero-order chi connectivity index (χ0) is 9.68. The summed E-state index contributed by atoms with van der Waals surface area (Å²) in [6.45, 7) is 0. The topological polar surface area (TPSA) is 74.0 Å². The van der Waals surface area contributed by atoms with Crippen LogP contribution in [-0.4, -0.2) is 21.8 Å². The third kappa shape index (κ3) is 2.76. The number of carboxylic acid groups (broad SMARTS) is 1. The maximum absolute atomic E-state index is 10.2. The summed E-state index contributed by atoms with van der Waals surface area (Å²) in [5, 5.41) is 17.1. The van der Waals surface area contributed by atoms with Crippen molar-refractivity contribution in [3.63, 3.8) is 0 Å². The predicted molar refractivity (Wildman–Crippen MR) is 47.3 cm³/mol. The fourth-order valence-corrected chi connectivity index (χ4v) is 1.41. The van der Waals surface area contributed by atoms with Crippen molar-refractivity contribution in [3.8, 4) is 6.07 Å². The van der Waals surface area contributed by atoms with E-state index in [1.807, 2.05) is 6.07 Å². The van der Waals surface area contributed by atoms with Crippen molar-refractivity contribution in [1.82, 2.24) is 4.98 Å². The van der Waals surface area contributed by atoms with Crippen LogP contribution in [0.1, 0.15) is 5.56 Å². The van der Waals surface area contributed by atoms with Gasteiger partial charge in [-0.3, -0.25) is 9.78 Å². The monoisotopic (exact) mass is 194 g/mol. The first kappa shape index (κ1) is 9.55. The summed E-state index contributed by atoms with van der Waals surface area (Å²) < 4.78 is 0. The second-order valence-electron chi connectivity index (χ2n) is 2.17. The van der Waals surface area contributed by atoms with Gasteiger partial charge in [0.25, 0.3) is 0 Å². The second-order valence-corrected chi connectivity index (χ2v) is 3.18. The highest BCUT2D eigenvalue weighted by atomic mass is 32.2. The van der Waals surface area contributed by atoms with Crippen molar-refractivity contribution in [2.45, 2.75) is 4.90 Å². The lowest BCUT2D eigenvalue weighted by molar-refractivity contribution is -0.133. The third-order valence-corrected chi connectivity index (χ3v) is 2.28. The van der Waals surface area contributed by atoms with E-state index in [-0.39, 0.29) is 5.75 Å². The molecule has 0 saturated heterocycles. The molecule has 13 heavy (non-hydrogen) atoms. The highest BCUT2D eigenvalue weighted by molar-refractivity contribution is 8.00. The Morgan fingerprint density at radius 3 is 3.15 bits per heavy atom. The summed E-state index contributed by atoms with van der Waals surface area (Å²) in [7, 11) is 0. The molecule has 1 aromatic heterocycles. The molecule has 0 aliphatic carbocycles. The van der Waals surface area contributed by atoms with Crippen molar-refractivity contribution in [3.05, 3.63) is 24.0 Å². The molecule has 0 atom stereocenters. The van der Waals surface area contributed by atoms with Crippen LogP contribution in [-0.2, 0) is 4.79 Å². The largest absolute Gasteiger partial charge is 0.481 e. The molecule has 0 aromatic carbocycles. The van der Waals surface area contributed by atoms with Gasteiger partial charge in [0.2, 0.25) is 0 Å². The lowest BCUT2D eigenvalue weighted by atomic mass is 10.3. The maximum atomic E-state index is 10.2. The Hall–Kier alpha value is -1.54. The number of pyridine rings is 1. The first-order valence-electron chi connectivity index (χ1n) is 3.42. The van der Waals surface area contributed by atoms with Crippen LogP contribution in [0.2, 0.25) is 0 Å². The molecular formula is C8H6N2O2S. The lowest BCUT2D eigenvalue weighted by Gasteiger charge is -1.98. The summed E-state index contributed by atoms with van der Waals surface area (Å²) in [6, 6.07) is 3.53. The number of nitrogens with zero attached hydrogens (tertiary/aromatic N) is 2. The number of aromatic nitrogens is 1. The van der Waals surface area contributed by atoms with Gasteiger partial charge in [-0.2, -0.15) is 5.26 Å². The van der Waals surface area contributed by atoms with Gasteiger partial charge in [0.15, 0.2) is 0 Å². The zero-order valence-corrected chi connectivity index (χ0v) is 7.41. The first-order valence-corrected chi connectivity index (χ1v) is 4.41. The summed E-state index contributed by atoms with van der Waals surface area (Å²) in [6.07, 6.45) is 3.00. The fourth-order valence-electron chi connectivity index (χ4n) is 0.727. The average Bonchev–Trinajstić information content (AvgIpc) is 2.15. The molecule has 0 spiro atoms. The van der Waals surface area contributed by atoms with Crippen LogP contribution in [0.25, 0.3) is 0 Å². The van der Waals surface area contributed by atoms with E-state index in [0.29, 0.717) is 10.5 Å². The number of rotatable bonds is 3. The number of thioether (sulfide) groups is 1. The second kappa shape index (κ2) is 4.48. The summed E-state index contributed by atoms with van der Waals surface area (Å²) in [4.78, 5) is 14.7. The van der Waals surface area contributed by atoms with Gasteiger partial charge in [0.1, 0.15) is 6.07 Å². The Labute approximate surface area is 79.2 Å². The molecule has 0 unspecified atom stereocenters. The van der Waals surface area contributed by atoms with Gasteiger partial charge >= 0.3 is 5.97 Å². The number of nitriles is 1. The van der Waals surface area contributed by atoms with Crippen LogP contribution < -0.4 is 0 Å². The molecule has 1 aromatic rings. The molecule has 4 nitrogen and oxygen atoms in total. The van der Waals surface area contributed by atoms with E-state index in [4.69, 9.17) is 10.4 Å². The van der Waals surface area contributed by atoms with Crippen LogP contribution >= 0.6 is 11.8 Å². The van der Waals surface area contributed by atoms with Crippen molar-refractivity contribution < 1.29 is 9.90 Å². The SMILES string of the molecule is N#Cc1ccncc1SCC(=O)O. The van der Waals surface area contributed by atoms with Crippen LogP contribution in [0.3, 0.4) is 0 Å². The number of carbonyl (C=O) groups is 1. The Morgan fingerprint density at radius 2 is 2.54 bits per heavy atom. The molecule has 0 saturated carbocycles. The van der Waals surface area contributed by atoms with Crippen LogP contribution in [0, 0.1) is 11.3 Å². The van der Waals surface area contributed by atoms with Gasteiger partial charge in [0, 0.05) is 17.3 Å². The van der Waals surface area contributed by atoms with E-state index < -0.39 is 5.97 Å². The van der Waals surface area contributed by atoms with Crippen molar-refractivity contribution in [2.75, 3.05) is 5.75 Å². The Bertz CT molecular complexity index is 359. The van der Waals surface area contributed by atoms with E-state index in [2.05, 4.69) is 4.98 Å². The van der Waals surface area contributed by atoms with Gasteiger partial charge in [-0.05, 0) is 6.07 Å². The number of carboxylic acids is 1. The molecule has 0 aliphatic heterocycles. The van der Waals surface area contributed by atoms with E-state index in [0.717, 1.165) is 11.8 Å². The highest BCUT2D eigenvalue weighted by Crippen LogP contribution is 2.20. The molecule has 0 amide bonds. The molecule has 0 fully saturated rings. The van der Waals surface area contributed by atoms with E-state index in [9.17, 15) is 4.79 Å². The van der Waals surface area contributed by atoms with E-state index in [1.165, 1.54) is 12.4 Å². The molecule has 66 valence electrons. The van der Waals surface area contributed by atoms with Crippen molar-refractivity contribution >= 4 is 17.7 Å². The molecule has 0 radical (unpaired) electrons. The third-order valence-electron chi connectivity index (χ3n) is 1.26.